The summed E-state index contributed by atoms with van der Waals surface area (Å²) in [5.74, 6) is 0.886. The lowest BCUT2D eigenvalue weighted by Gasteiger charge is -2.34. The molecule has 1 aliphatic rings. The zero-order valence-electron chi connectivity index (χ0n) is 10.9. The van der Waals surface area contributed by atoms with Crippen molar-refractivity contribution in [3.8, 4) is 5.82 Å². The van der Waals surface area contributed by atoms with Crippen LogP contribution in [0.5, 0.6) is 0 Å². The molecule has 1 atom stereocenters. The van der Waals surface area contributed by atoms with Crippen LogP contribution in [-0.2, 0) is 4.74 Å². The van der Waals surface area contributed by atoms with Crippen LogP contribution in [0.4, 0.5) is 5.13 Å². The minimum Gasteiger partial charge on any atom is -0.377 e. The summed E-state index contributed by atoms with van der Waals surface area (Å²) in [7, 11) is 0. The highest BCUT2D eigenvalue weighted by molar-refractivity contribution is 9.11. The fourth-order valence-electron chi connectivity index (χ4n) is 2.23. The van der Waals surface area contributed by atoms with Gasteiger partial charge in [-0.3, -0.25) is 4.57 Å². The van der Waals surface area contributed by atoms with E-state index in [1.165, 1.54) is 0 Å². The van der Waals surface area contributed by atoms with E-state index in [-0.39, 0.29) is 0 Å². The summed E-state index contributed by atoms with van der Waals surface area (Å²) in [4.78, 5) is 11.3. The van der Waals surface area contributed by atoms with Gasteiger partial charge in [-0.2, -0.15) is 0 Å². The molecule has 3 heterocycles. The molecule has 2 aromatic rings. The van der Waals surface area contributed by atoms with Gasteiger partial charge in [0, 0.05) is 18.1 Å². The molecule has 0 spiro atoms. The van der Waals surface area contributed by atoms with Gasteiger partial charge in [0.2, 0.25) is 0 Å². The third-order valence-corrected chi connectivity index (χ3v) is 5.11. The van der Waals surface area contributed by atoms with Gasteiger partial charge in [0.1, 0.15) is 4.60 Å². The number of hydrogen-bond donors (Lipinski definition) is 0. The van der Waals surface area contributed by atoms with Crippen LogP contribution in [0.3, 0.4) is 0 Å². The minimum atomic E-state index is 0.417. The smallest absolute Gasteiger partial charge is 0.187 e. The van der Waals surface area contributed by atoms with Crippen LogP contribution in [0.25, 0.3) is 5.82 Å². The van der Waals surface area contributed by atoms with Crippen molar-refractivity contribution in [2.24, 2.45) is 0 Å². The van der Waals surface area contributed by atoms with Gasteiger partial charge in [-0.25, -0.2) is 9.97 Å². The van der Waals surface area contributed by atoms with Gasteiger partial charge in [-0.1, -0.05) is 6.92 Å². The number of imidazole rings is 1. The molecular weight excluding hydrogens is 408 g/mol. The fourth-order valence-corrected chi connectivity index (χ4v) is 4.22. The Balaban J connectivity index is 1.88. The second-order valence-electron chi connectivity index (χ2n) is 4.52. The van der Waals surface area contributed by atoms with Gasteiger partial charge >= 0.3 is 0 Å². The number of rotatable bonds is 3. The topological polar surface area (TPSA) is 43.2 Å². The lowest BCUT2D eigenvalue weighted by molar-refractivity contribution is 0.0929. The van der Waals surface area contributed by atoms with Gasteiger partial charge in [0.25, 0.3) is 0 Å². The molecule has 8 heteroatoms. The molecule has 108 valence electrons. The highest BCUT2D eigenvalue weighted by atomic mass is 79.9. The van der Waals surface area contributed by atoms with Crippen LogP contribution in [0.15, 0.2) is 20.9 Å². The summed E-state index contributed by atoms with van der Waals surface area (Å²) in [6, 6.07) is 0.417. The molecule has 0 N–H and O–H groups in total. The number of thiazole rings is 1. The first-order valence-electron chi connectivity index (χ1n) is 6.39. The van der Waals surface area contributed by atoms with Crippen molar-refractivity contribution in [2.45, 2.75) is 19.4 Å². The highest BCUT2D eigenvalue weighted by Crippen LogP contribution is 2.29. The third kappa shape index (κ3) is 2.79. The van der Waals surface area contributed by atoms with Gasteiger partial charge in [-0.05, 0) is 38.3 Å². The number of hydrogen-bond acceptors (Lipinski definition) is 5. The number of halogens is 2. The van der Waals surface area contributed by atoms with E-state index in [2.05, 4.69) is 54.0 Å². The van der Waals surface area contributed by atoms with E-state index in [4.69, 9.17) is 9.72 Å². The third-order valence-electron chi connectivity index (χ3n) is 3.30. The van der Waals surface area contributed by atoms with Crippen molar-refractivity contribution >= 4 is 48.3 Å². The SMILES string of the molecule is CCC1COCCN1c1nc(-n2cc(Br)nc2Br)cs1. The molecule has 1 fully saturated rings. The van der Waals surface area contributed by atoms with Crippen molar-refractivity contribution in [1.29, 1.82) is 0 Å². The summed E-state index contributed by atoms with van der Waals surface area (Å²) in [5.41, 5.74) is 0. The largest absolute Gasteiger partial charge is 0.377 e. The van der Waals surface area contributed by atoms with Crippen LogP contribution in [0.1, 0.15) is 13.3 Å². The summed E-state index contributed by atoms with van der Waals surface area (Å²) >= 11 is 8.47. The molecule has 1 aliphatic heterocycles. The minimum absolute atomic E-state index is 0.417. The molecule has 2 aromatic heterocycles. The fraction of sp³-hybridized carbons (Fsp3) is 0.500. The molecule has 20 heavy (non-hydrogen) atoms. The first-order valence-corrected chi connectivity index (χ1v) is 8.86. The summed E-state index contributed by atoms with van der Waals surface area (Å²) < 4.78 is 9.00. The maximum atomic E-state index is 5.54. The normalized spacial score (nSPS) is 19.6. The van der Waals surface area contributed by atoms with Crippen molar-refractivity contribution in [1.82, 2.24) is 14.5 Å². The zero-order valence-corrected chi connectivity index (χ0v) is 14.9. The van der Waals surface area contributed by atoms with Crippen molar-refractivity contribution in [3.63, 3.8) is 0 Å². The molecule has 0 amide bonds. The number of aromatic nitrogens is 3. The summed E-state index contributed by atoms with van der Waals surface area (Å²) in [5, 5.41) is 3.10. The molecule has 1 saturated heterocycles. The summed E-state index contributed by atoms with van der Waals surface area (Å²) in [6.45, 7) is 4.64. The van der Waals surface area contributed by atoms with E-state index in [0.717, 1.165) is 46.5 Å². The Kier molecular flexibility index (Phi) is 4.44. The van der Waals surface area contributed by atoms with E-state index < -0.39 is 0 Å². The van der Waals surface area contributed by atoms with Crippen LogP contribution < -0.4 is 4.90 Å². The van der Waals surface area contributed by atoms with Crippen LogP contribution in [0, 0.1) is 0 Å². The molecule has 0 radical (unpaired) electrons. The standard InChI is InChI=1S/C12H14Br2N4OS/c1-2-8-6-19-4-3-17(8)12-16-10(7-20-12)18-5-9(13)15-11(18)14/h5,7-8H,2-4,6H2,1H3. The Labute approximate surface area is 138 Å². The Bertz CT molecular complexity index is 600. The first kappa shape index (κ1) is 14.5. The molecule has 0 bridgehead atoms. The average Bonchev–Trinajstić information content (AvgIpc) is 3.05. The maximum absolute atomic E-state index is 5.54. The van der Waals surface area contributed by atoms with Crippen molar-refractivity contribution < 1.29 is 4.74 Å². The van der Waals surface area contributed by atoms with E-state index in [1.54, 1.807) is 11.3 Å². The second-order valence-corrected chi connectivity index (χ2v) is 6.88. The van der Waals surface area contributed by atoms with Gasteiger partial charge in [0.05, 0.1) is 19.3 Å². The van der Waals surface area contributed by atoms with E-state index in [0.29, 0.717) is 6.04 Å². The molecular formula is C12H14Br2N4OS. The Morgan fingerprint density at radius 3 is 3.00 bits per heavy atom. The van der Waals surface area contributed by atoms with Gasteiger partial charge in [0.15, 0.2) is 15.7 Å². The first-order chi connectivity index (χ1) is 9.69. The summed E-state index contributed by atoms with van der Waals surface area (Å²) in [6.07, 6.45) is 2.97. The van der Waals surface area contributed by atoms with Gasteiger partial charge in [-0.15, -0.1) is 11.3 Å². The molecule has 5 nitrogen and oxygen atoms in total. The lowest BCUT2D eigenvalue weighted by atomic mass is 10.2. The maximum Gasteiger partial charge on any atom is 0.187 e. The number of ether oxygens (including phenoxy) is 1. The van der Waals surface area contributed by atoms with Crippen LogP contribution >= 0.6 is 43.2 Å². The van der Waals surface area contributed by atoms with Gasteiger partial charge < -0.3 is 9.64 Å². The van der Waals surface area contributed by atoms with E-state index in [1.807, 2.05) is 10.8 Å². The molecule has 1 unspecified atom stereocenters. The van der Waals surface area contributed by atoms with E-state index >= 15 is 0 Å². The van der Waals surface area contributed by atoms with Crippen LogP contribution in [0.2, 0.25) is 0 Å². The van der Waals surface area contributed by atoms with Crippen molar-refractivity contribution in [2.75, 3.05) is 24.7 Å². The predicted molar refractivity (Wildman–Crippen MR) is 86.9 cm³/mol. The van der Waals surface area contributed by atoms with E-state index in [9.17, 15) is 0 Å². The second kappa shape index (κ2) is 6.13. The quantitative estimate of drug-likeness (QED) is 0.760. The molecule has 3 rings (SSSR count). The zero-order chi connectivity index (χ0) is 14.1. The Morgan fingerprint density at radius 2 is 2.30 bits per heavy atom. The average molecular weight is 422 g/mol. The van der Waals surface area contributed by atoms with Crippen molar-refractivity contribution in [3.05, 3.63) is 20.9 Å². The molecule has 0 aromatic carbocycles. The number of anilines is 1. The molecule has 0 saturated carbocycles. The number of morpholine rings is 1. The predicted octanol–water partition coefficient (Wildman–Crippen LogP) is 3.47. The molecule has 0 aliphatic carbocycles. The Morgan fingerprint density at radius 1 is 1.45 bits per heavy atom. The highest BCUT2D eigenvalue weighted by Gasteiger charge is 2.24. The van der Waals surface area contributed by atoms with Crippen LogP contribution in [-0.4, -0.2) is 40.3 Å². The lowest BCUT2D eigenvalue weighted by Crippen LogP contribution is -2.45. The Hall–Kier alpha value is -0.440. The number of nitrogens with zero attached hydrogens (tertiary/aromatic N) is 4. The monoisotopic (exact) mass is 420 g/mol.